The summed E-state index contributed by atoms with van der Waals surface area (Å²) >= 11 is 0. The minimum atomic E-state index is -0.384. The lowest BCUT2D eigenvalue weighted by Gasteiger charge is -2.14. The molecule has 15 heavy (non-hydrogen) atoms. The molecule has 0 fully saturated rings. The lowest BCUT2D eigenvalue weighted by atomic mass is 9.96. The summed E-state index contributed by atoms with van der Waals surface area (Å²) in [6.45, 7) is 4.85. The molecule has 0 amide bonds. The summed E-state index contributed by atoms with van der Waals surface area (Å²) in [7, 11) is 0. The van der Waals surface area contributed by atoms with E-state index in [2.05, 4.69) is 11.4 Å². The van der Waals surface area contributed by atoms with Crippen molar-refractivity contribution in [2.45, 2.75) is 20.4 Å². The number of furan rings is 1. The van der Waals surface area contributed by atoms with Crippen LogP contribution in [0.1, 0.15) is 25.4 Å². The predicted molar refractivity (Wildman–Crippen MR) is 54.5 cm³/mol. The van der Waals surface area contributed by atoms with Crippen LogP contribution in [-0.4, -0.2) is 6.54 Å². The average molecular weight is 203 g/mol. The lowest BCUT2D eigenvalue weighted by molar-refractivity contribution is 0.414. The van der Waals surface area contributed by atoms with Crippen LogP contribution in [0.4, 0.5) is 0 Å². The summed E-state index contributed by atoms with van der Waals surface area (Å²) in [4.78, 5) is 0. The highest BCUT2D eigenvalue weighted by Gasteiger charge is 2.15. The van der Waals surface area contributed by atoms with Crippen molar-refractivity contribution >= 4 is 0 Å². The first-order valence-electron chi connectivity index (χ1n) is 4.68. The Morgan fingerprint density at radius 2 is 2.13 bits per heavy atom. The van der Waals surface area contributed by atoms with E-state index in [4.69, 9.17) is 14.9 Å². The molecule has 0 aliphatic carbocycles. The van der Waals surface area contributed by atoms with E-state index < -0.39 is 0 Å². The van der Waals surface area contributed by atoms with E-state index >= 15 is 0 Å². The first-order chi connectivity index (χ1) is 7.07. The van der Waals surface area contributed by atoms with Gasteiger partial charge in [0, 0.05) is 6.54 Å². The summed E-state index contributed by atoms with van der Waals surface area (Å²) in [5.41, 5.74) is -0.384. The fourth-order valence-corrected chi connectivity index (χ4v) is 1.07. The molecule has 0 aliphatic rings. The van der Waals surface area contributed by atoms with Gasteiger partial charge in [-0.15, -0.1) is 0 Å². The molecule has 0 aromatic carbocycles. The van der Waals surface area contributed by atoms with E-state index in [-0.39, 0.29) is 5.41 Å². The third kappa shape index (κ3) is 3.46. The molecule has 0 radical (unpaired) electrons. The van der Waals surface area contributed by atoms with Gasteiger partial charge in [-0.3, -0.25) is 0 Å². The fourth-order valence-electron chi connectivity index (χ4n) is 1.07. The van der Waals surface area contributed by atoms with Crippen LogP contribution >= 0.6 is 0 Å². The zero-order chi connectivity index (χ0) is 11.3. The maximum Gasteiger partial charge on any atom is 0.203 e. The van der Waals surface area contributed by atoms with Crippen LogP contribution in [0.5, 0.6) is 0 Å². The second-order valence-corrected chi connectivity index (χ2v) is 3.98. The average Bonchev–Trinajstić information content (AvgIpc) is 2.66. The van der Waals surface area contributed by atoms with E-state index in [0.29, 0.717) is 24.6 Å². The van der Waals surface area contributed by atoms with Crippen LogP contribution in [-0.2, 0) is 6.54 Å². The highest BCUT2D eigenvalue weighted by molar-refractivity contribution is 5.18. The molecule has 1 heterocycles. The summed E-state index contributed by atoms with van der Waals surface area (Å²) in [6.07, 6.45) is 0. The van der Waals surface area contributed by atoms with Gasteiger partial charge in [0.2, 0.25) is 5.76 Å². The molecule has 0 saturated heterocycles. The topological polar surface area (TPSA) is 72.8 Å². The van der Waals surface area contributed by atoms with Crippen LogP contribution < -0.4 is 5.32 Å². The van der Waals surface area contributed by atoms with Crippen LogP contribution in [0.15, 0.2) is 16.5 Å². The van der Waals surface area contributed by atoms with Gasteiger partial charge >= 0.3 is 0 Å². The third-order valence-electron chi connectivity index (χ3n) is 1.94. The molecule has 4 heteroatoms. The van der Waals surface area contributed by atoms with E-state index in [1.54, 1.807) is 12.1 Å². The van der Waals surface area contributed by atoms with Gasteiger partial charge in [-0.05, 0) is 26.0 Å². The predicted octanol–water partition coefficient (Wildman–Crippen LogP) is 1.79. The zero-order valence-electron chi connectivity index (χ0n) is 8.87. The number of nitrogens with one attached hydrogen (secondary N) is 1. The largest absolute Gasteiger partial charge is 0.449 e. The minimum Gasteiger partial charge on any atom is -0.449 e. The summed E-state index contributed by atoms with van der Waals surface area (Å²) in [6, 6.07) is 7.50. The second-order valence-electron chi connectivity index (χ2n) is 3.98. The van der Waals surface area contributed by atoms with Gasteiger partial charge in [-0.2, -0.15) is 10.5 Å². The van der Waals surface area contributed by atoms with Gasteiger partial charge in [0.1, 0.15) is 11.8 Å². The Hall–Kier alpha value is -1.78. The van der Waals surface area contributed by atoms with Crippen molar-refractivity contribution in [2.24, 2.45) is 5.41 Å². The molecule has 0 unspecified atom stereocenters. The third-order valence-corrected chi connectivity index (χ3v) is 1.94. The molecule has 0 spiro atoms. The number of nitriles is 2. The van der Waals surface area contributed by atoms with Crippen molar-refractivity contribution in [3.05, 3.63) is 23.7 Å². The molecular weight excluding hydrogens is 190 g/mol. The number of hydrogen-bond donors (Lipinski definition) is 1. The highest BCUT2D eigenvalue weighted by atomic mass is 16.3. The smallest absolute Gasteiger partial charge is 0.203 e. The Labute approximate surface area is 89.1 Å². The normalized spacial score (nSPS) is 10.7. The van der Waals surface area contributed by atoms with Gasteiger partial charge in [0.05, 0.1) is 18.0 Å². The molecule has 0 saturated carbocycles. The van der Waals surface area contributed by atoms with Crippen LogP contribution in [0.25, 0.3) is 0 Å². The van der Waals surface area contributed by atoms with Gasteiger partial charge in [0.25, 0.3) is 0 Å². The molecular formula is C11H13N3O. The second kappa shape index (κ2) is 4.63. The molecule has 78 valence electrons. The summed E-state index contributed by atoms with van der Waals surface area (Å²) < 4.78 is 5.17. The van der Waals surface area contributed by atoms with Crippen LogP contribution in [0.3, 0.4) is 0 Å². The van der Waals surface area contributed by atoms with Crippen molar-refractivity contribution in [1.29, 1.82) is 10.5 Å². The van der Waals surface area contributed by atoms with Crippen molar-refractivity contribution in [2.75, 3.05) is 6.54 Å². The SMILES string of the molecule is CC(C)(C#N)CNCc1ccc(C#N)o1. The Morgan fingerprint density at radius 1 is 1.40 bits per heavy atom. The molecule has 0 atom stereocenters. The van der Waals surface area contributed by atoms with E-state index in [9.17, 15) is 0 Å². The van der Waals surface area contributed by atoms with Crippen molar-refractivity contribution in [3.63, 3.8) is 0 Å². The number of rotatable bonds is 4. The van der Waals surface area contributed by atoms with Gasteiger partial charge in [-0.25, -0.2) is 0 Å². The molecule has 4 nitrogen and oxygen atoms in total. The first kappa shape index (κ1) is 11.3. The molecule has 1 aromatic rings. The fraction of sp³-hybridized carbons (Fsp3) is 0.455. The quantitative estimate of drug-likeness (QED) is 0.809. The van der Waals surface area contributed by atoms with Gasteiger partial charge in [-0.1, -0.05) is 0 Å². The zero-order valence-corrected chi connectivity index (χ0v) is 8.87. The molecule has 1 N–H and O–H groups in total. The first-order valence-corrected chi connectivity index (χ1v) is 4.68. The van der Waals surface area contributed by atoms with Crippen molar-refractivity contribution in [3.8, 4) is 12.1 Å². The van der Waals surface area contributed by atoms with E-state index in [1.165, 1.54) is 0 Å². The number of nitrogens with zero attached hydrogens (tertiary/aromatic N) is 2. The van der Waals surface area contributed by atoms with Gasteiger partial charge < -0.3 is 9.73 Å². The summed E-state index contributed by atoms with van der Waals surface area (Å²) in [5, 5.41) is 20.4. The maximum absolute atomic E-state index is 8.78. The van der Waals surface area contributed by atoms with Crippen LogP contribution in [0, 0.1) is 28.1 Å². The van der Waals surface area contributed by atoms with E-state index in [0.717, 1.165) is 0 Å². The Bertz CT molecular complexity index is 406. The number of hydrogen-bond acceptors (Lipinski definition) is 4. The minimum absolute atomic E-state index is 0.311. The maximum atomic E-state index is 8.78. The molecule has 0 bridgehead atoms. The summed E-state index contributed by atoms with van der Waals surface area (Å²) in [5.74, 6) is 1.02. The van der Waals surface area contributed by atoms with Crippen LogP contribution in [0.2, 0.25) is 0 Å². The standard InChI is InChI=1S/C11H13N3O/c1-11(2,7-13)8-14-6-10-4-3-9(5-12)15-10/h3-4,14H,6,8H2,1-2H3. The molecule has 1 rings (SSSR count). The van der Waals surface area contributed by atoms with Crippen molar-refractivity contribution in [1.82, 2.24) is 5.32 Å². The Kier molecular flexibility index (Phi) is 3.49. The molecule has 1 aromatic heterocycles. The van der Waals surface area contributed by atoms with E-state index in [1.807, 2.05) is 19.9 Å². The van der Waals surface area contributed by atoms with Gasteiger partial charge in [0.15, 0.2) is 0 Å². The lowest BCUT2D eigenvalue weighted by Crippen LogP contribution is -2.27. The highest BCUT2D eigenvalue weighted by Crippen LogP contribution is 2.11. The monoisotopic (exact) mass is 203 g/mol. The molecule has 0 aliphatic heterocycles. The Balaban J connectivity index is 2.40. The van der Waals surface area contributed by atoms with Crippen molar-refractivity contribution < 1.29 is 4.42 Å². The Morgan fingerprint density at radius 3 is 2.67 bits per heavy atom.